The molecule has 0 aliphatic carbocycles. The Balaban J connectivity index is 1.98. The van der Waals surface area contributed by atoms with E-state index >= 15 is 0 Å². The van der Waals surface area contributed by atoms with Gasteiger partial charge in [0.2, 0.25) is 6.23 Å². The highest BCUT2D eigenvalue weighted by Gasteiger charge is 2.56. The normalized spacial score (nSPS) is 20.1. The summed E-state index contributed by atoms with van der Waals surface area (Å²) in [4.78, 5) is 34.5. The molecule has 1 aliphatic rings. The van der Waals surface area contributed by atoms with Gasteiger partial charge in [0.25, 0.3) is 11.8 Å². The third-order valence-corrected chi connectivity index (χ3v) is 3.85. The lowest BCUT2D eigenvalue weighted by Gasteiger charge is -2.42. The van der Waals surface area contributed by atoms with Gasteiger partial charge < -0.3 is 14.8 Å². The Morgan fingerprint density at radius 2 is 1.92 bits per heavy atom. The predicted molar refractivity (Wildman–Crippen MR) is 77.8 cm³/mol. The van der Waals surface area contributed by atoms with Gasteiger partial charge >= 0.3 is 16.3 Å². The zero-order valence-corrected chi connectivity index (χ0v) is 13.2. The Morgan fingerprint density at radius 3 is 2.46 bits per heavy atom. The second-order valence-corrected chi connectivity index (χ2v) is 6.05. The van der Waals surface area contributed by atoms with E-state index in [4.69, 9.17) is 9.29 Å². The molecule has 0 saturated carbocycles. The number of carbonyl (C=O) groups excluding carboxylic acids is 3. The van der Waals surface area contributed by atoms with Crippen molar-refractivity contribution in [2.75, 3.05) is 6.61 Å². The Hall–Kier alpha value is -2.66. The van der Waals surface area contributed by atoms with Gasteiger partial charge in [0.05, 0.1) is 0 Å². The van der Waals surface area contributed by atoms with Crippen LogP contribution in [0, 0.1) is 0 Å². The number of hydrogen-bond donors (Lipinski definition) is 2. The molecule has 0 spiro atoms. The maximum atomic E-state index is 11.8. The smallest absolute Gasteiger partial charge is 0.365 e. The summed E-state index contributed by atoms with van der Waals surface area (Å²) in [6.45, 7) is 0.550. The van der Waals surface area contributed by atoms with E-state index in [9.17, 15) is 22.8 Å². The molecule has 1 aromatic rings. The quantitative estimate of drug-likeness (QED) is 0.378. The fourth-order valence-corrected chi connectivity index (χ4v) is 2.75. The van der Waals surface area contributed by atoms with Crippen LogP contribution in [-0.4, -0.2) is 53.9 Å². The van der Waals surface area contributed by atoms with Crippen molar-refractivity contribution in [2.24, 2.45) is 0 Å². The monoisotopic (exact) mass is 358 g/mol. The van der Waals surface area contributed by atoms with Gasteiger partial charge in [-0.05, 0) is 12.1 Å². The Bertz CT molecular complexity index is 748. The summed E-state index contributed by atoms with van der Waals surface area (Å²) in [7, 11) is -4.91. The number of ether oxygens (including phenoxy) is 2. The molecule has 11 heteroatoms. The molecule has 2 amide bonds. The lowest BCUT2D eigenvalue weighted by molar-refractivity contribution is -0.178. The van der Waals surface area contributed by atoms with Crippen molar-refractivity contribution >= 4 is 28.1 Å². The van der Waals surface area contributed by atoms with Crippen LogP contribution >= 0.6 is 0 Å². The van der Waals surface area contributed by atoms with Crippen LogP contribution in [-0.2, 0) is 29.4 Å². The van der Waals surface area contributed by atoms with E-state index in [1.165, 1.54) is 0 Å². The molecule has 0 unspecified atom stereocenters. The summed E-state index contributed by atoms with van der Waals surface area (Å²) >= 11 is 0. The minimum atomic E-state index is -4.91. The van der Waals surface area contributed by atoms with Gasteiger partial charge in [-0.3, -0.25) is 18.9 Å². The third kappa shape index (κ3) is 4.00. The molecule has 0 bridgehead atoms. The number of benzene rings is 1. The molecule has 2 N–H and O–H groups in total. The number of amides is 2. The van der Waals surface area contributed by atoms with E-state index in [2.05, 4.69) is 10.1 Å². The van der Waals surface area contributed by atoms with Crippen LogP contribution in [0.2, 0.25) is 0 Å². The molecule has 0 radical (unpaired) electrons. The second-order valence-electron chi connectivity index (χ2n) is 4.76. The van der Waals surface area contributed by atoms with Gasteiger partial charge in [0.1, 0.15) is 5.75 Å². The number of rotatable bonds is 6. The van der Waals surface area contributed by atoms with Crippen LogP contribution in [0.3, 0.4) is 0 Å². The third-order valence-electron chi connectivity index (χ3n) is 2.96. The molecule has 1 aliphatic heterocycles. The first-order valence-electron chi connectivity index (χ1n) is 6.65. The van der Waals surface area contributed by atoms with Gasteiger partial charge in [0, 0.05) is 6.92 Å². The molecule has 2 atom stereocenters. The molecule has 1 saturated heterocycles. The Morgan fingerprint density at radius 1 is 1.29 bits per heavy atom. The van der Waals surface area contributed by atoms with Crippen LogP contribution < -0.4 is 10.1 Å². The first kappa shape index (κ1) is 17.7. The van der Waals surface area contributed by atoms with Gasteiger partial charge in [-0.1, -0.05) is 18.2 Å². The van der Waals surface area contributed by atoms with Crippen LogP contribution in [0.4, 0.5) is 0 Å². The predicted octanol–water partition coefficient (Wildman–Crippen LogP) is -0.916. The van der Waals surface area contributed by atoms with Crippen molar-refractivity contribution in [3.8, 4) is 5.75 Å². The number of nitrogens with one attached hydrogen (secondary N) is 1. The molecule has 0 aromatic heterocycles. The van der Waals surface area contributed by atoms with Crippen molar-refractivity contribution in [2.45, 2.75) is 19.2 Å². The van der Waals surface area contributed by atoms with Gasteiger partial charge in [0.15, 0.2) is 12.6 Å². The zero-order chi connectivity index (χ0) is 17.9. The maximum Gasteiger partial charge on any atom is 0.365 e. The fourth-order valence-electron chi connectivity index (χ4n) is 1.98. The van der Waals surface area contributed by atoms with E-state index in [0.717, 1.165) is 6.92 Å². The SMILES string of the molecule is CC(=O)O[C@H]1[C@H](NC(=O)COc2ccccc2)C(=O)N1S(=O)(=O)O. The lowest BCUT2D eigenvalue weighted by Crippen LogP contribution is -2.73. The Kier molecular flexibility index (Phi) is 5.04. The van der Waals surface area contributed by atoms with Crippen LogP contribution in [0.5, 0.6) is 5.75 Å². The molecule has 2 rings (SSSR count). The highest BCUT2D eigenvalue weighted by atomic mass is 32.2. The van der Waals surface area contributed by atoms with E-state index < -0.39 is 47.0 Å². The average Bonchev–Trinajstić information content (AvgIpc) is 2.49. The van der Waals surface area contributed by atoms with Gasteiger partial charge in [-0.25, -0.2) is 0 Å². The van der Waals surface area contributed by atoms with Crippen LogP contribution in [0.25, 0.3) is 0 Å². The first-order chi connectivity index (χ1) is 11.2. The molecule has 10 nitrogen and oxygen atoms in total. The van der Waals surface area contributed by atoms with Gasteiger partial charge in [-0.2, -0.15) is 12.7 Å². The average molecular weight is 358 g/mol. The highest BCUT2D eigenvalue weighted by molar-refractivity contribution is 7.84. The van der Waals surface area contributed by atoms with Crippen molar-refractivity contribution in [1.29, 1.82) is 0 Å². The van der Waals surface area contributed by atoms with Crippen molar-refractivity contribution in [1.82, 2.24) is 9.62 Å². The molecule has 1 aromatic carbocycles. The topological polar surface area (TPSA) is 139 Å². The minimum absolute atomic E-state index is 0.0304. The van der Waals surface area contributed by atoms with Crippen molar-refractivity contribution in [3.05, 3.63) is 30.3 Å². The highest BCUT2D eigenvalue weighted by Crippen LogP contribution is 2.24. The van der Waals surface area contributed by atoms with E-state index in [1.54, 1.807) is 30.3 Å². The van der Waals surface area contributed by atoms with Crippen molar-refractivity contribution in [3.63, 3.8) is 0 Å². The summed E-state index contributed by atoms with van der Waals surface area (Å²) in [5.41, 5.74) is 0. The largest absolute Gasteiger partial charge is 0.484 e. The number of para-hydroxylation sites is 1. The van der Waals surface area contributed by atoms with E-state index in [-0.39, 0.29) is 4.31 Å². The summed E-state index contributed by atoms with van der Waals surface area (Å²) in [5, 5.41) is 2.19. The second kappa shape index (κ2) is 6.84. The lowest BCUT2D eigenvalue weighted by atomic mass is 10.1. The molecule has 24 heavy (non-hydrogen) atoms. The standard InChI is InChI=1S/C13H14N2O8S/c1-8(16)23-13-11(12(18)15(13)24(19,20)21)14-10(17)7-22-9-5-3-2-4-6-9/h2-6,11,13H,7H2,1H3,(H,14,17)(H,19,20,21)/t11-,13+/m1/s1. The summed E-state index contributed by atoms with van der Waals surface area (Å²) in [5.74, 6) is -2.33. The molecule has 1 heterocycles. The van der Waals surface area contributed by atoms with E-state index in [0.29, 0.717) is 5.75 Å². The molecule has 1 fully saturated rings. The van der Waals surface area contributed by atoms with Crippen molar-refractivity contribution < 1.29 is 36.8 Å². The summed E-state index contributed by atoms with van der Waals surface area (Å²) in [6, 6.07) is 6.95. The molecular weight excluding hydrogens is 344 g/mol. The Labute approximate surface area is 137 Å². The molecular formula is C13H14N2O8S. The number of esters is 1. The number of β-lactam (4-membered cyclic amide) rings is 1. The summed E-state index contributed by atoms with van der Waals surface area (Å²) < 4.78 is 40.9. The fraction of sp³-hybridized carbons (Fsp3) is 0.308. The summed E-state index contributed by atoms with van der Waals surface area (Å²) in [6.07, 6.45) is -1.65. The maximum absolute atomic E-state index is 11.8. The first-order valence-corrected chi connectivity index (χ1v) is 8.05. The number of hydrogen-bond acceptors (Lipinski definition) is 7. The number of nitrogens with zero attached hydrogens (tertiary/aromatic N) is 1. The minimum Gasteiger partial charge on any atom is -0.484 e. The van der Waals surface area contributed by atoms with Crippen LogP contribution in [0.15, 0.2) is 30.3 Å². The van der Waals surface area contributed by atoms with Crippen LogP contribution in [0.1, 0.15) is 6.92 Å². The van der Waals surface area contributed by atoms with E-state index in [1.807, 2.05) is 0 Å². The van der Waals surface area contributed by atoms with Gasteiger partial charge in [-0.15, -0.1) is 0 Å². The number of carbonyl (C=O) groups is 3. The zero-order valence-electron chi connectivity index (χ0n) is 12.4. The molecule has 130 valence electrons.